The Kier molecular flexibility index (Phi) is 3.62. The van der Waals surface area contributed by atoms with Crippen molar-refractivity contribution in [1.29, 1.82) is 0 Å². The average Bonchev–Trinajstić information content (AvgIpc) is 3.02. The van der Waals surface area contributed by atoms with E-state index in [1.165, 1.54) is 31.4 Å². The first kappa shape index (κ1) is 13.8. The number of halogens is 1. The number of tetrazole rings is 1. The number of benzene rings is 1. The molecule has 0 amide bonds. The summed E-state index contributed by atoms with van der Waals surface area (Å²) in [6.07, 6.45) is 4.85. The Morgan fingerprint density at radius 3 is 2.82 bits per heavy atom. The molecular formula is C15H19ClN6. The van der Waals surface area contributed by atoms with E-state index in [4.69, 9.17) is 11.6 Å². The quantitative estimate of drug-likeness (QED) is 0.918. The SMILES string of the molecule is Clc1ccc(N2CCCC2)c(NCc2nnnn2C2CC2)c1. The molecule has 0 spiro atoms. The molecule has 0 unspecified atom stereocenters. The van der Waals surface area contributed by atoms with Gasteiger partial charge in [0, 0.05) is 18.1 Å². The van der Waals surface area contributed by atoms with Crippen LogP contribution in [0, 0.1) is 0 Å². The average molecular weight is 319 g/mol. The van der Waals surface area contributed by atoms with E-state index >= 15 is 0 Å². The molecule has 1 aliphatic carbocycles. The lowest BCUT2D eigenvalue weighted by molar-refractivity contribution is 0.586. The van der Waals surface area contributed by atoms with E-state index in [1.54, 1.807) is 0 Å². The molecule has 0 radical (unpaired) electrons. The highest BCUT2D eigenvalue weighted by Crippen LogP contribution is 2.35. The second-order valence-corrected chi connectivity index (χ2v) is 6.42. The van der Waals surface area contributed by atoms with Crippen LogP contribution in [0.15, 0.2) is 18.2 Å². The molecule has 2 aliphatic rings. The minimum atomic E-state index is 0.490. The van der Waals surface area contributed by atoms with E-state index in [9.17, 15) is 0 Å². The van der Waals surface area contributed by atoms with Crippen LogP contribution in [0.25, 0.3) is 0 Å². The summed E-state index contributed by atoms with van der Waals surface area (Å²) in [6, 6.07) is 6.53. The zero-order valence-electron chi connectivity index (χ0n) is 12.4. The minimum Gasteiger partial charge on any atom is -0.376 e. The first-order valence-electron chi connectivity index (χ1n) is 7.86. The molecule has 1 saturated carbocycles. The van der Waals surface area contributed by atoms with Crippen molar-refractivity contribution in [2.75, 3.05) is 23.3 Å². The molecule has 2 fully saturated rings. The van der Waals surface area contributed by atoms with Crippen LogP contribution in [0.5, 0.6) is 0 Å². The Bertz CT molecular complexity index is 660. The van der Waals surface area contributed by atoms with Gasteiger partial charge in [-0.3, -0.25) is 0 Å². The standard InChI is InChI=1S/C15H19ClN6/c16-11-3-6-14(21-7-1-2-8-21)13(9-11)17-10-15-18-19-20-22(15)12-4-5-12/h3,6,9,12,17H,1-2,4-5,7-8,10H2. The highest BCUT2D eigenvalue weighted by molar-refractivity contribution is 6.31. The highest BCUT2D eigenvalue weighted by atomic mass is 35.5. The smallest absolute Gasteiger partial charge is 0.170 e. The van der Waals surface area contributed by atoms with Gasteiger partial charge in [-0.1, -0.05) is 11.6 Å². The summed E-state index contributed by atoms with van der Waals surface area (Å²) in [5, 5.41) is 16.2. The van der Waals surface area contributed by atoms with Gasteiger partial charge in [0.2, 0.25) is 0 Å². The number of nitrogens with zero attached hydrogens (tertiary/aromatic N) is 5. The molecule has 22 heavy (non-hydrogen) atoms. The number of hydrogen-bond donors (Lipinski definition) is 1. The van der Waals surface area contributed by atoms with E-state index in [0.717, 1.165) is 29.6 Å². The van der Waals surface area contributed by atoms with Crippen LogP contribution in [0.1, 0.15) is 37.5 Å². The molecule has 1 aliphatic heterocycles. The Labute approximate surface area is 134 Å². The van der Waals surface area contributed by atoms with Crippen LogP contribution in [0.2, 0.25) is 5.02 Å². The molecule has 4 rings (SSSR count). The highest BCUT2D eigenvalue weighted by Gasteiger charge is 2.27. The summed E-state index contributed by atoms with van der Waals surface area (Å²) in [5.41, 5.74) is 2.27. The van der Waals surface area contributed by atoms with Crippen LogP contribution in [-0.2, 0) is 6.54 Å². The predicted octanol–water partition coefficient (Wildman–Crippen LogP) is 2.87. The molecule has 1 aromatic carbocycles. The molecule has 0 bridgehead atoms. The van der Waals surface area contributed by atoms with Crippen molar-refractivity contribution in [1.82, 2.24) is 20.2 Å². The molecular weight excluding hydrogens is 300 g/mol. The Morgan fingerprint density at radius 1 is 1.23 bits per heavy atom. The molecule has 116 valence electrons. The Hall–Kier alpha value is -1.82. The Morgan fingerprint density at radius 2 is 2.05 bits per heavy atom. The van der Waals surface area contributed by atoms with Gasteiger partial charge < -0.3 is 10.2 Å². The molecule has 1 aromatic heterocycles. The van der Waals surface area contributed by atoms with E-state index in [-0.39, 0.29) is 0 Å². The number of nitrogens with one attached hydrogen (secondary N) is 1. The van der Waals surface area contributed by atoms with Gasteiger partial charge in [0.15, 0.2) is 5.82 Å². The monoisotopic (exact) mass is 318 g/mol. The van der Waals surface area contributed by atoms with Crippen molar-refractivity contribution in [3.05, 3.63) is 29.0 Å². The largest absolute Gasteiger partial charge is 0.376 e. The third-order valence-corrected chi connectivity index (χ3v) is 4.53. The van der Waals surface area contributed by atoms with E-state index in [1.807, 2.05) is 16.8 Å². The van der Waals surface area contributed by atoms with Gasteiger partial charge in [-0.05, 0) is 54.3 Å². The maximum absolute atomic E-state index is 6.17. The minimum absolute atomic E-state index is 0.490. The third-order valence-electron chi connectivity index (χ3n) is 4.30. The maximum atomic E-state index is 6.17. The second-order valence-electron chi connectivity index (χ2n) is 5.98. The van der Waals surface area contributed by atoms with Crippen molar-refractivity contribution in [2.45, 2.75) is 38.3 Å². The van der Waals surface area contributed by atoms with Gasteiger partial charge >= 0.3 is 0 Å². The fraction of sp³-hybridized carbons (Fsp3) is 0.533. The fourth-order valence-corrected chi connectivity index (χ4v) is 3.16. The molecule has 2 aromatic rings. The van der Waals surface area contributed by atoms with E-state index < -0.39 is 0 Å². The van der Waals surface area contributed by atoms with Crippen molar-refractivity contribution < 1.29 is 0 Å². The van der Waals surface area contributed by atoms with Crippen molar-refractivity contribution in [2.24, 2.45) is 0 Å². The molecule has 7 heteroatoms. The van der Waals surface area contributed by atoms with Crippen molar-refractivity contribution in [3.8, 4) is 0 Å². The zero-order chi connectivity index (χ0) is 14.9. The van der Waals surface area contributed by atoms with Gasteiger partial charge in [0.25, 0.3) is 0 Å². The Balaban J connectivity index is 1.53. The summed E-state index contributed by atoms with van der Waals surface area (Å²) >= 11 is 6.17. The first-order valence-corrected chi connectivity index (χ1v) is 8.24. The molecule has 1 N–H and O–H groups in total. The molecule has 2 heterocycles. The van der Waals surface area contributed by atoms with Crippen LogP contribution in [0.4, 0.5) is 11.4 Å². The lowest BCUT2D eigenvalue weighted by atomic mass is 10.2. The van der Waals surface area contributed by atoms with Gasteiger partial charge in [-0.25, -0.2) is 4.68 Å². The predicted molar refractivity (Wildman–Crippen MR) is 86.3 cm³/mol. The van der Waals surface area contributed by atoms with Crippen molar-refractivity contribution in [3.63, 3.8) is 0 Å². The van der Waals surface area contributed by atoms with E-state index in [0.29, 0.717) is 12.6 Å². The summed E-state index contributed by atoms with van der Waals surface area (Å²) in [4.78, 5) is 2.41. The lowest BCUT2D eigenvalue weighted by Crippen LogP contribution is -2.19. The summed E-state index contributed by atoms with van der Waals surface area (Å²) in [7, 11) is 0. The summed E-state index contributed by atoms with van der Waals surface area (Å²) < 4.78 is 1.94. The third kappa shape index (κ3) is 2.75. The van der Waals surface area contributed by atoms with Gasteiger partial charge in [-0.2, -0.15) is 0 Å². The van der Waals surface area contributed by atoms with Gasteiger partial charge in [0.05, 0.1) is 24.0 Å². The second kappa shape index (κ2) is 5.76. The summed E-state index contributed by atoms with van der Waals surface area (Å²) in [5.74, 6) is 0.884. The summed E-state index contributed by atoms with van der Waals surface area (Å²) in [6.45, 7) is 2.83. The van der Waals surface area contributed by atoms with Gasteiger partial charge in [0.1, 0.15) is 0 Å². The van der Waals surface area contributed by atoms with Crippen LogP contribution < -0.4 is 10.2 Å². The zero-order valence-corrected chi connectivity index (χ0v) is 13.1. The van der Waals surface area contributed by atoms with Crippen LogP contribution >= 0.6 is 11.6 Å². The number of rotatable bonds is 5. The number of aromatic nitrogens is 4. The molecule has 1 saturated heterocycles. The first-order chi connectivity index (χ1) is 10.8. The van der Waals surface area contributed by atoms with Crippen LogP contribution in [0.3, 0.4) is 0 Å². The fourth-order valence-electron chi connectivity index (χ4n) is 2.99. The van der Waals surface area contributed by atoms with Crippen molar-refractivity contribution >= 4 is 23.0 Å². The molecule has 0 atom stereocenters. The van der Waals surface area contributed by atoms with Gasteiger partial charge in [-0.15, -0.1) is 5.10 Å². The lowest BCUT2D eigenvalue weighted by Gasteiger charge is -2.22. The van der Waals surface area contributed by atoms with Crippen LogP contribution in [-0.4, -0.2) is 33.3 Å². The number of anilines is 2. The number of hydrogen-bond acceptors (Lipinski definition) is 5. The maximum Gasteiger partial charge on any atom is 0.170 e. The van der Waals surface area contributed by atoms with E-state index in [2.05, 4.69) is 31.8 Å². The molecule has 6 nitrogen and oxygen atoms in total. The topological polar surface area (TPSA) is 58.9 Å². The normalized spacial score (nSPS) is 18.0.